The largest absolute Gasteiger partial charge is 0.325 e. The Hall–Kier alpha value is -2.27. The smallest absolute Gasteiger partial charge is 0.229 e. The van der Waals surface area contributed by atoms with Crippen molar-refractivity contribution in [3.8, 4) is 0 Å². The maximum absolute atomic E-state index is 13.2. The molecule has 2 amide bonds. The van der Waals surface area contributed by atoms with Crippen molar-refractivity contribution in [3.05, 3.63) is 65.2 Å². The SMILES string of the molecule is Cc1ccc(N2CC(C(=O)N3CCSC3c3ccccc3)CC2=O)cc1C. The molecule has 5 heteroatoms. The molecule has 0 aromatic heterocycles. The molecule has 0 saturated carbocycles. The molecule has 0 radical (unpaired) electrons. The molecule has 0 aliphatic carbocycles. The maximum atomic E-state index is 13.2. The zero-order chi connectivity index (χ0) is 19.0. The van der Waals surface area contributed by atoms with Crippen LogP contribution < -0.4 is 4.90 Å². The van der Waals surface area contributed by atoms with Crippen molar-refractivity contribution in [2.24, 2.45) is 5.92 Å². The Kier molecular flexibility index (Phi) is 4.96. The van der Waals surface area contributed by atoms with Gasteiger partial charge in [0.25, 0.3) is 0 Å². The first kappa shape index (κ1) is 18.1. The molecule has 0 bridgehead atoms. The van der Waals surface area contributed by atoms with Crippen molar-refractivity contribution in [2.75, 3.05) is 23.7 Å². The number of anilines is 1. The van der Waals surface area contributed by atoms with E-state index in [1.165, 1.54) is 5.56 Å². The Morgan fingerprint density at radius 2 is 1.85 bits per heavy atom. The summed E-state index contributed by atoms with van der Waals surface area (Å²) < 4.78 is 0. The number of rotatable bonds is 3. The van der Waals surface area contributed by atoms with E-state index in [4.69, 9.17) is 0 Å². The lowest BCUT2D eigenvalue weighted by atomic mass is 10.1. The van der Waals surface area contributed by atoms with Gasteiger partial charge in [-0.25, -0.2) is 0 Å². The highest BCUT2D eigenvalue weighted by Gasteiger charge is 2.40. The highest BCUT2D eigenvalue weighted by Crippen LogP contribution is 2.39. The molecule has 2 heterocycles. The summed E-state index contributed by atoms with van der Waals surface area (Å²) in [5.74, 6) is 0.824. The molecule has 2 atom stereocenters. The Bertz CT molecular complexity index is 868. The average molecular weight is 381 g/mol. The molecule has 0 spiro atoms. The molecular weight excluding hydrogens is 356 g/mol. The minimum atomic E-state index is -0.260. The van der Waals surface area contributed by atoms with Gasteiger partial charge < -0.3 is 9.80 Å². The van der Waals surface area contributed by atoms with Crippen LogP contribution in [0.3, 0.4) is 0 Å². The summed E-state index contributed by atoms with van der Waals surface area (Å²) >= 11 is 1.80. The number of amides is 2. The Labute approximate surface area is 164 Å². The molecule has 2 saturated heterocycles. The summed E-state index contributed by atoms with van der Waals surface area (Å²) in [6.07, 6.45) is 0.300. The molecular formula is C22H24N2O2S. The number of hydrogen-bond acceptors (Lipinski definition) is 3. The lowest BCUT2D eigenvalue weighted by molar-refractivity contribution is -0.136. The second-order valence-electron chi connectivity index (χ2n) is 7.34. The quantitative estimate of drug-likeness (QED) is 0.810. The summed E-state index contributed by atoms with van der Waals surface area (Å²) in [5.41, 5.74) is 4.42. The van der Waals surface area contributed by atoms with E-state index in [-0.39, 0.29) is 23.1 Å². The summed E-state index contributed by atoms with van der Waals surface area (Å²) in [6, 6.07) is 16.2. The monoisotopic (exact) mass is 380 g/mol. The average Bonchev–Trinajstić information content (AvgIpc) is 3.31. The van der Waals surface area contributed by atoms with E-state index in [1.54, 1.807) is 16.7 Å². The fourth-order valence-electron chi connectivity index (χ4n) is 3.84. The van der Waals surface area contributed by atoms with E-state index in [2.05, 4.69) is 19.1 Å². The number of carbonyl (C=O) groups is 2. The van der Waals surface area contributed by atoms with Gasteiger partial charge in [-0.1, -0.05) is 36.4 Å². The lowest BCUT2D eigenvalue weighted by Crippen LogP contribution is -2.37. The van der Waals surface area contributed by atoms with E-state index in [0.717, 1.165) is 29.1 Å². The number of benzene rings is 2. The predicted octanol–water partition coefficient (Wildman–Crippen LogP) is 3.93. The van der Waals surface area contributed by atoms with Gasteiger partial charge in [-0.15, -0.1) is 11.8 Å². The standard InChI is InChI=1S/C22H24N2O2S/c1-15-8-9-19(12-16(15)2)24-14-18(13-20(24)25)21(26)23-10-11-27-22(23)17-6-4-3-5-7-17/h3-9,12,18,22H,10-11,13-14H2,1-2H3. The maximum Gasteiger partial charge on any atom is 0.229 e. The summed E-state index contributed by atoms with van der Waals surface area (Å²) in [7, 11) is 0. The zero-order valence-corrected chi connectivity index (χ0v) is 16.5. The molecule has 4 nitrogen and oxygen atoms in total. The van der Waals surface area contributed by atoms with Crippen LogP contribution in [0.5, 0.6) is 0 Å². The number of thioether (sulfide) groups is 1. The van der Waals surface area contributed by atoms with Gasteiger partial charge in [0, 0.05) is 31.0 Å². The van der Waals surface area contributed by atoms with Crippen molar-refractivity contribution in [1.82, 2.24) is 4.90 Å². The first-order valence-corrected chi connectivity index (χ1v) is 10.4. The zero-order valence-electron chi connectivity index (χ0n) is 15.7. The van der Waals surface area contributed by atoms with Gasteiger partial charge in [-0.3, -0.25) is 9.59 Å². The van der Waals surface area contributed by atoms with Gasteiger partial charge in [-0.05, 0) is 42.7 Å². The van der Waals surface area contributed by atoms with Crippen LogP contribution in [0.2, 0.25) is 0 Å². The van der Waals surface area contributed by atoms with Crippen molar-refractivity contribution < 1.29 is 9.59 Å². The third kappa shape index (κ3) is 3.48. The molecule has 4 rings (SSSR count). The summed E-state index contributed by atoms with van der Waals surface area (Å²) in [6.45, 7) is 5.33. The second kappa shape index (κ2) is 7.39. The van der Waals surface area contributed by atoms with Gasteiger partial charge in [0.1, 0.15) is 5.37 Å². The molecule has 2 aliphatic rings. The molecule has 2 fully saturated rings. The summed E-state index contributed by atoms with van der Waals surface area (Å²) in [5, 5.41) is 0.0597. The minimum absolute atomic E-state index is 0.0414. The number of hydrogen-bond donors (Lipinski definition) is 0. The van der Waals surface area contributed by atoms with Crippen molar-refractivity contribution in [3.63, 3.8) is 0 Å². The number of nitrogens with zero attached hydrogens (tertiary/aromatic N) is 2. The van der Waals surface area contributed by atoms with Gasteiger partial charge in [-0.2, -0.15) is 0 Å². The molecule has 2 aromatic rings. The third-order valence-electron chi connectivity index (χ3n) is 5.54. The molecule has 2 aliphatic heterocycles. The predicted molar refractivity (Wildman–Crippen MR) is 110 cm³/mol. The number of aryl methyl sites for hydroxylation is 2. The van der Waals surface area contributed by atoms with E-state index < -0.39 is 0 Å². The van der Waals surface area contributed by atoms with Crippen LogP contribution in [0.25, 0.3) is 0 Å². The fourth-order valence-corrected chi connectivity index (χ4v) is 5.10. The van der Waals surface area contributed by atoms with Crippen LogP contribution in [0.15, 0.2) is 48.5 Å². The van der Waals surface area contributed by atoms with Gasteiger partial charge >= 0.3 is 0 Å². The molecule has 2 unspecified atom stereocenters. The highest BCUT2D eigenvalue weighted by molar-refractivity contribution is 7.99. The van der Waals surface area contributed by atoms with Crippen LogP contribution in [0.4, 0.5) is 5.69 Å². The summed E-state index contributed by atoms with van der Waals surface area (Å²) in [4.78, 5) is 29.5. The Morgan fingerprint density at radius 1 is 1.07 bits per heavy atom. The van der Waals surface area contributed by atoms with Crippen LogP contribution in [0, 0.1) is 19.8 Å². The highest BCUT2D eigenvalue weighted by atomic mass is 32.2. The van der Waals surface area contributed by atoms with Crippen LogP contribution in [-0.4, -0.2) is 35.6 Å². The van der Waals surface area contributed by atoms with Gasteiger partial charge in [0.05, 0.1) is 5.92 Å². The van der Waals surface area contributed by atoms with Crippen molar-refractivity contribution >= 4 is 29.3 Å². The lowest BCUT2D eigenvalue weighted by Gasteiger charge is -2.27. The van der Waals surface area contributed by atoms with Gasteiger partial charge in [0.2, 0.25) is 11.8 Å². The van der Waals surface area contributed by atoms with Crippen LogP contribution >= 0.6 is 11.8 Å². The van der Waals surface area contributed by atoms with Gasteiger partial charge in [0.15, 0.2) is 0 Å². The first-order chi connectivity index (χ1) is 13.0. The topological polar surface area (TPSA) is 40.6 Å². The molecule has 2 aromatic carbocycles. The van der Waals surface area contributed by atoms with Crippen LogP contribution in [-0.2, 0) is 9.59 Å². The van der Waals surface area contributed by atoms with Crippen molar-refractivity contribution in [1.29, 1.82) is 0 Å². The number of carbonyl (C=O) groups excluding carboxylic acids is 2. The molecule has 0 N–H and O–H groups in total. The minimum Gasteiger partial charge on any atom is -0.325 e. The molecule has 140 valence electrons. The Morgan fingerprint density at radius 3 is 2.59 bits per heavy atom. The van der Waals surface area contributed by atoms with E-state index >= 15 is 0 Å². The van der Waals surface area contributed by atoms with Crippen LogP contribution in [0.1, 0.15) is 28.5 Å². The fraction of sp³-hybridized carbons (Fsp3) is 0.364. The third-order valence-corrected chi connectivity index (χ3v) is 6.80. The normalized spacial score (nSPS) is 22.5. The first-order valence-electron chi connectivity index (χ1n) is 9.39. The van der Waals surface area contributed by atoms with E-state index in [0.29, 0.717) is 13.0 Å². The van der Waals surface area contributed by atoms with Crippen molar-refractivity contribution in [2.45, 2.75) is 25.6 Å². The Balaban J connectivity index is 1.51. The second-order valence-corrected chi connectivity index (χ2v) is 8.53. The van der Waals surface area contributed by atoms with E-state index in [1.807, 2.05) is 48.2 Å². The molecule has 27 heavy (non-hydrogen) atoms. The van der Waals surface area contributed by atoms with E-state index in [9.17, 15) is 9.59 Å².